The van der Waals surface area contributed by atoms with E-state index >= 15 is 0 Å². The summed E-state index contributed by atoms with van der Waals surface area (Å²) in [7, 11) is 1.29. The summed E-state index contributed by atoms with van der Waals surface area (Å²) in [5.41, 5.74) is -0.0102. The van der Waals surface area contributed by atoms with Crippen LogP contribution in [-0.2, 0) is 9.53 Å². The van der Waals surface area contributed by atoms with Gasteiger partial charge in [-0.1, -0.05) is 11.6 Å². The molecule has 7 nitrogen and oxygen atoms in total. The van der Waals surface area contributed by atoms with Crippen molar-refractivity contribution in [2.75, 3.05) is 25.1 Å². The Hall–Kier alpha value is -2.74. The van der Waals surface area contributed by atoms with E-state index in [4.69, 9.17) is 11.6 Å². The normalized spacial score (nSPS) is 14.1. The number of hydrogen-bond acceptors (Lipinski definition) is 6. The number of carbonyl (C=O) groups excluding carboxylic acids is 1. The maximum absolute atomic E-state index is 14.0. The number of methoxy groups -OCH3 is 1. The van der Waals surface area contributed by atoms with E-state index in [1.54, 1.807) is 4.90 Å². The molecule has 1 aliphatic rings. The van der Waals surface area contributed by atoms with E-state index in [1.807, 2.05) is 0 Å². The van der Waals surface area contributed by atoms with Crippen molar-refractivity contribution in [1.82, 2.24) is 10.2 Å². The quantitative estimate of drug-likeness (QED) is 0.830. The number of esters is 1. The summed E-state index contributed by atoms with van der Waals surface area (Å²) in [5.74, 6) is -2.39. The van der Waals surface area contributed by atoms with Gasteiger partial charge in [0.15, 0.2) is 5.82 Å². The van der Waals surface area contributed by atoms with Crippen LogP contribution < -0.4 is 4.90 Å². The van der Waals surface area contributed by atoms with Crippen LogP contribution in [0.1, 0.15) is 10.4 Å². The Balaban J connectivity index is 1.94. The van der Waals surface area contributed by atoms with E-state index in [1.165, 1.54) is 31.4 Å². The van der Waals surface area contributed by atoms with E-state index in [9.17, 15) is 19.1 Å². The zero-order chi connectivity index (χ0) is 18.1. The Kier molecular flexibility index (Phi) is 4.54. The summed E-state index contributed by atoms with van der Waals surface area (Å²) in [6, 6.07) is 5.14. The highest BCUT2D eigenvalue weighted by Crippen LogP contribution is 2.30. The summed E-state index contributed by atoms with van der Waals surface area (Å²) in [4.78, 5) is 24.6. The van der Waals surface area contributed by atoms with E-state index in [2.05, 4.69) is 14.9 Å². The van der Waals surface area contributed by atoms with Crippen LogP contribution in [0.25, 0.3) is 11.3 Å². The van der Waals surface area contributed by atoms with Crippen LogP contribution in [0.2, 0.25) is 5.02 Å². The standard InChI is InChI=1S/C16H13ClFN3O4/c1-25-16(24)8-6-21(7-8)14-11(15(22)23)5-13(19-20-14)10-4-9(17)2-3-12(10)18/h2-5,8H,6-7H2,1H3,(H,22,23). The maximum Gasteiger partial charge on any atom is 0.339 e. The number of ether oxygens (including phenoxy) is 1. The Morgan fingerprint density at radius 1 is 1.32 bits per heavy atom. The van der Waals surface area contributed by atoms with Gasteiger partial charge in [0, 0.05) is 23.7 Å². The fourth-order valence-corrected chi connectivity index (χ4v) is 2.74. The van der Waals surface area contributed by atoms with Gasteiger partial charge in [-0.3, -0.25) is 4.79 Å². The molecule has 130 valence electrons. The SMILES string of the molecule is COC(=O)C1CN(c2nnc(-c3cc(Cl)ccc3F)cc2C(=O)O)C1. The smallest absolute Gasteiger partial charge is 0.339 e. The second-order valence-electron chi connectivity index (χ2n) is 5.52. The molecule has 2 heterocycles. The largest absolute Gasteiger partial charge is 0.478 e. The molecule has 0 unspecified atom stereocenters. The Labute approximate surface area is 147 Å². The van der Waals surface area contributed by atoms with Gasteiger partial charge >= 0.3 is 11.9 Å². The number of benzene rings is 1. The van der Waals surface area contributed by atoms with Crippen molar-refractivity contribution in [3.8, 4) is 11.3 Å². The van der Waals surface area contributed by atoms with Gasteiger partial charge in [0.25, 0.3) is 0 Å². The highest BCUT2D eigenvalue weighted by Gasteiger charge is 2.36. The molecule has 1 aromatic carbocycles. The fraction of sp³-hybridized carbons (Fsp3) is 0.250. The molecule has 9 heteroatoms. The first kappa shape index (κ1) is 17.1. The first-order chi connectivity index (χ1) is 11.9. The minimum absolute atomic E-state index is 0.0603. The minimum atomic E-state index is -1.23. The van der Waals surface area contributed by atoms with Crippen LogP contribution in [0.15, 0.2) is 24.3 Å². The molecule has 0 atom stereocenters. The second kappa shape index (κ2) is 6.64. The second-order valence-corrected chi connectivity index (χ2v) is 5.96. The van der Waals surface area contributed by atoms with Gasteiger partial charge in [-0.15, -0.1) is 10.2 Å². The van der Waals surface area contributed by atoms with Gasteiger partial charge in [0.1, 0.15) is 11.4 Å². The molecule has 3 rings (SSSR count). The number of hydrogen-bond donors (Lipinski definition) is 1. The lowest BCUT2D eigenvalue weighted by molar-refractivity contribution is -0.146. The first-order valence-corrected chi connectivity index (χ1v) is 7.67. The lowest BCUT2D eigenvalue weighted by Gasteiger charge is -2.38. The first-order valence-electron chi connectivity index (χ1n) is 7.30. The third-order valence-electron chi connectivity index (χ3n) is 3.92. The lowest BCUT2D eigenvalue weighted by Crippen LogP contribution is -2.51. The molecule has 0 spiro atoms. The number of anilines is 1. The average Bonchev–Trinajstić information content (AvgIpc) is 2.55. The lowest BCUT2D eigenvalue weighted by atomic mass is 9.99. The van der Waals surface area contributed by atoms with Crippen molar-refractivity contribution < 1.29 is 23.8 Å². The van der Waals surface area contributed by atoms with Crippen molar-refractivity contribution in [3.05, 3.63) is 40.7 Å². The number of carboxylic acid groups (broad SMARTS) is 1. The topological polar surface area (TPSA) is 92.6 Å². The van der Waals surface area contributed by atoms with E-state index in [-0.39, 0.29) is 47.6 Å². The Bertz CT molecular complexity index is 855. The molecule has 25 heavy (non-hydrogen) atoms. The van der Waals surface area contributed by atoms with Crippen molar-refractivity contribution in [1.29, 1.82) is 0 Å². The number of halogens is 2. The summed E-state index contributed by atoms with van der Waals surface area (Å²) in [5, 5.41) is 17.6. The zero-order valence-electron chi connectivity index (χ0n) is 13.1. The van der Waals surface area contributed by atoms with Crippen LogP contribution >= 0.6 is 11.6 Å². The predicted molar refractivity (Wildman–Crippen MR) is 87.1 cm³/mol. The van der Waals surface area contributed by atoms with Crippen LogP contribution in [-0.4, -0.2) is 47.4 Å². The van der Waals surface area contributed by atoms with Crippen LogP contribution in [0.4, 0.5) is 10.2 Å². The maximum atomic E-state index is 14.0. The van der Waals surface area contributed by atoms with E-state index in [0.29, 0.717) is 5.02 Å². The van der Waals surface area contributed by atoms with Crippen molar-refractivity contribution in [3.63, 3.8) is 0 Å². The summed E-state index contributed by atoms with van der Waals surface area (Å²) in [6.45, 7) is 0.568. The van der Waals surface area contributed by atoms with E-state index < -0.39 is 11.8 Å². The molecule has 0 saturated carbocycles. The molecule has 0 aliphatic carbocycles. The van der Waals surface area contributed by atoms with Crippen molar-refractivity contribution >= 4 is 29.4 Å². The minimum Gasteiger partial charge on any atom is -0.478 e. The molecule has 0 bridgehead atoms. The Morgan fingerprint density at radius 2 is 2.04 bits per heavy atom. The molecular formula is C16H13ClFN3O4. The molecule has 1 fully saturated rings. The fourth-order valence-electron chi connectivity index (χ4n) is 2.57. The third-order valence-corrected chi connectivity index (χ3v) is 4.16. The molecular weight excluding hydrogens is 353 g/mol. The monoisotopic (exact) mass is 365 g/mol. The van der Waals surface area contributed by atoms with Crippen LogP contribution in [0, 0.1) is 11.7 Å². The van der Waals surface area contributed by atoms with Crippen molar-refractivity contribution in [2.24, 2.45) is 5.92 Å². The zero-order valence-corrected chi connectivity index (χ0v) is 13.8. The molecule has 2 aromatic rings. The molecule has 1 saturated heterocycles. The number of aromatic carboxylic acids is 1. The molecule has 0 amide bonds. The summed E-state index contributed by atoms with van der Waals surface area (Å²) >= 11 is 5.86. The molecule has 1 N–H and O–H groups in total. The average molecular weight is 366 g/mol. The van der Waals surface area contributed by atoms with Crippen molar-refractivity contribution in [2.45, 2.75) is 0 Å². The van der Waals surface area contributed by atoms with Gasteiger partial charge < -0.3 is 14.7 Å². The van der Waals surface area contributed by atoms with Gasteiger partial charge in [0.05, 0.1) is 18.7 Å². The van der Waals surface area contributed by atoms with Gasteiger partial charge in [0.2, 0.25) is 0 Å². The van der Waals surface area contributed by atoms with E-state index in [0.717, 1.165) is 0 Å². The molecule has 0 radical (unpaired) electrons. The number of carboxylic acids is 1. The van der Waals surface area contributed by atoms with Crippen LogP contribution in [0.5, 0.6) is 0 Å². The Morgan fingerprint density at radius 3 is 2.68 bits per heavy atom. The summed E-state index contributed by atoms with van der Waals surface area (Å²) in [6.07, 6.45) is 0. The number of aromatic nitrogens is 2. The van der Waals surface area contributed by atoms with Crippen LogP contribution in [0.3, 0.4) is 0 Å². The molecule has 1 aromatic heterocycles. The summed E-state index contributed by atoms with van der Waals surface area (Å²) < 4.78 is 18.6. The highest BCUT2D eigenvalue weighted by molar-refractivity contribution is 6.30. The highest BCUT2D eigenvalue weighted by atomic mass is 35.5. The third kappa shape index (κ3) is 3.25. The molecule has 1 aliphatic heterocycles. The van der Waals surface area contributed by atoms with Gasteiger partial charge in [-0.25, -0.2) is 9.18 Å². The predicted octanol–water partition coefficient (Wildman–Crippen LogP) is 2.24. The van der Waals surface area contributed by atoms with Gasteiger partial charge in [-0.05, 0) is 24.3 Å². The number of carbonyl (C=O) groups is 2. The number of rotatable bonds is 4. The van der Waals surface area contributed by atoms with Gasteiger partial charge in [-0.2, -0.15) is 0 Å². The number of nitrogens with zero attached hydrogens (tertiary/aromatic N) is 3.